The maximum Gasteiger partial charge on any atom is 0.416 e. The molecule has 3 aromatic carbocycles. The number of carbonyl (C=O) groups is 1. The number of para-hydroxylation sites is 2. The monoisotopic (exact) mass is 493 g/mol. The van der Waals surface area contributed by atoms with Gasteiger partial charge in [-0.1, -0.05) is 30.3 Å². The highest BCUT2D eigenvalue weighted by Crippen LogP contribution is 2.36. The van der Waals surface area contributed by atoms with Gasteiger partial charge in [-0.25, -0.2) is 4.98 Å². The van der Waals surface area contributed by atoms with Crippen LogP contribution in [-0.2, 0) is 17.5 Å². The maximum absolute atomic E-state index is 13.2. The smallest absolute Gasteiger partial charge is 0.416 e. The highest BCUT2D eigenvalue weighted by atomic mass is 19.4. The average molecular weight is 494 g/mol. The van der Waals surface area contributed by atoms with E-state index in [4.69, 9.17) is 9.72 Å². The number of hydrogen-bond donors (Lipinski definition) is 0. The van der Waals surface area contributed by atoms with Crippen LogP contribution in [0.15, 0.2) is 72.8 Å². The molecule has 186 valence electrons. The molecule has 0 bridgehead atoms. The number of rotatable bonds is 7. The van der Waals surface area contributed by atoms with Gasteiger partial charge in [-0.3, -0.25) is 4.79 Å². The van der Waals surface area contributed by atoms with Crippen LogP contribution in [0.5, 0.6) is 5.75 Å². The van der Waals surface area contributed by atoms with Gasteiger partial charge in [-0.05, 0) is 61.4 Å². The summed E-state index contributed by atoms with van der Waals surface area (Å²) in [5.41, 5.74) is 2.42. The standard InChI is InChI=1S/C28H26F3N3O2/c1-19-7-4-10-23(15-19)36-14-6-13-33-25-12-3-2-11-24(25)32-27(33)20-16-26(35)34(18-20)22-9-5-8-21(17-22)28(29,30)31/h2-5,7-12,15,17,20H,6,13-14,16,18H2,1H3. The van der Waals surface area contributed by atoms with Crippen molar-refractivity contribution in [3.8, 4) is 5.75 Å². The van der Waals surface area contributed by atoms with Crippen molar-refractivity contribution < 1.29 is 22.7 Å². The Kier molecular flexibility index (Phi) is 6.43. The molecule has 4 aromatic rings. The number of hydrogen-bond acceptors (Lipinski definition) is 3. The zero-order valence-corrected chi connectivity index (χ0v) is 19.8. The largest absolute Gasteiger partial charge is 0.494 e. The lowest BCUT2D eigenvalue weighted by Gasteiger charge is -2.19. The van der Waals surface area contributed by atoms with Gasteiger partial charge in [0.15, 0.2) is 0 Å². The normalized spacial score (nSPS) is 16.2. The molecule has 1 unspecified atom stereocenters. The lowest BCUT2D eigenvalue weighted by Crippen LogP contribution is -2.25. The molecule has 1 atom stereocenters. The number of nitrogens with zero attached hydrogens (tertiary/aromatic N) is 3. The number of halogens is 3. The number of amides is 1. The lowest BCUT2D eigenvalue weighted by molar-refractivity contribution is -0.137. The molecule has 1 saturated heterocycles. The first-order valence-electron chi connectivity index (χ1n) is 11.9. The van der Waals surface area contributed by atoms with Crippen molar-refractivity contribution in [2.75, 3.05) is 18.1 Å². The quantitative estimate of drug-likeness (QED) is 0.282. The Balaban J connectivity index is 1.35. The zero-order valence-electron chi connectivity index (χ0n) is 19.8. The summed E-state index contributed by atoms with van der Waals surface area (Å²) in [6.45, 7) is 3.47. The molecule has 1 aliphatic heterocycles. The molecule has 1 aromatic heterocycles. The van der Waals surface area contributed by atoms with Crippen LogP contribution in [0.4, 0.5) is 18.9 Å². The molecule has 0 N–H and O–H groups in total. The Morgan fingerprint density at radius 2 is 1.83 bits per heavy atom. The summed E-state index contributed by atoms with van der Waals surface area (Å²) in [6, 6.07) is 20.6. The van der Waals surface area contributed by atoms with Gasteiger partial charge >= 0.3 is 6.18 Å². The van der Waals surface area contributed by atoms with E-state index in [1.54, 1.807) is 6.07 Å². The Hall–Kier alpha value is -3.81. The summed E-state index contributed by atoms with van der Waals surface area (Å²) in [6.07, 6.45) is -3.54. The fraction of sp³-hybridized carbons (Fsp3) is 0.286. The number of alkyl halides is 3. The number of imidazole rings is 1. The number of aryl methyl sites for hydroxylation is 2. The minimum absolute atomic E-state index is 0.194. The van der Waals surface area contributed by atoms with E-state index in [1.807, 2.05) is 55.5 Å². The molecule has 2 heterocycles. The SMILES string of the molecule is Cc1cccc(OCCCn2c(C3CC(=O)N(c4cccc(C(F)(F)F)c4)C3)nc3ccccc32)c1. The van der Waals surface area contributed by atoms with Gasteiger partial charge in [0, 0.05) is 31.1 Å². The van der Waals surface area contributed by atoms with Gasteiger partial charge in [0.05, 0.1) is 23.2 Å². The number of fused-ring (bicyclic) bond motifs is 1. The fourth-order valence-corrected chi connectivity index (χ4v) is 4.74. The van der Waals surface area contributed by atoms with Crippen LogP contribution in [0.25, 0.3) is 11.0 Å². The maximum atomic E-state index is 13.2. The molecule has 8 heteroatoms. The minimum atomic E-state index is -4.47. The number of ether oxygens (including phenoxy) is 1. The van der Waals surface area contributed by atoms with Gasteiger partial charge in [0.2, 0.25) is 5.91 Å². The van der Waals surface area contributed by atoms with Gasteiger partial charge in [0.1, 0.15) is 11.6 Å². The summed E-state index contributed by atoms with van der Waals surface area (Å²) in [4.78, 5) is 19.1. The molecular formula is C28H26F3N3O2. The summed E-state index contributed by atoms with van der Waals surface area (Å²) in [7, 11) is 0. The molecule has 1 aliphatic rings. The van der Waals surface area contributed by atoms with Gasteiger partial charge < -0.3 is 14.2 Å². The van der Waals surface area contributed by atoms with E-state index < -0.39 is 11.7 Å². The Morgan fingerprint density at radius 3 is 2.64 bits per heavy atom. The molecule has 1 fully saturated rings. The highest BCUT2D eigenvalue weighted by molar-refractivity contribution is 5.96. The van der Waals surface area contributed by atoms with Crippen molar-refractivity contribution >= 4 is 22.6 Å². The molecule has 0 aliphatic carbocycles. The molecule has 1 amide bonds. The van der Waals surface area contributed by atoms with Gasteiger partial charge in [-0.15, -0.1) is 0 Å². The van der Waals surface area contributed by atoms with Crippen molar-refractivity contribution in [3.63, 3.8) is 0 Å². The lowest BCUT2D eigenvalue weighted by atomic mass is 10.1. The van der Waals surface area contributed by atoms with Crippen molar-refractivity contribution in [2.45, 2.75) is 38.4 Å². The van der Waals surface area contributed by atoms with Crippen LogP contribution in [0.2, 0.25) is 0 Å². The summed E-state index contributed by atoms with van der Waals surface area (Å²) in [5, 5.41) is 0. The predicted octanol–water partition coefficient (Wildman–Crippen LogP) is 6.35. The fourth-order valence-electron chi connectivity index (χ4n) is 4.74. The molecule has 36 heavy (non-hydrogen) atoms. The highest BCUT2D eigenvalue weighted by Gasteiger charge is 2.36. The Labute approximate surface area is 207 Å². The van der Waals surface area contributed by atoms with Gasteiger partial charge in [-0.2, -0.15) is 13.2 Å². The average Bonchev–Trinajstić information content (AvgIpc) is 3.42. The van der Waals surface area contributed by atoms with E-state index >= 15 is 0 Å². The molecular weight excluding hydrogens is 467 g/mol. The van der Waals surface area contributed by atoms with Crippen molar-refractivity contribution in [1.82, 2.24) is 9.55 Å². The van der Waals surface area contributed by atoms with Crippen LogP contribution in [0.3, 0.4) is 0 Å². The second kappa shape index (κ2) is 9.68. The molecule has 5 nitrogen and oxygen atoms in total. The molecule has 0 radical (unpaired) electrons. The number of benzene rings is 3. The minimum Gasteiger partial charge on any atom is -0.494 e. The van der Waals surface area contributed by atoms with Crippen molar-refractivity contribution in [2.24, 2.45) is 0 Å². The zero-order chi connectivity index (χ0) is 25.3. The molecule has 5 rings (SSSR count). The predicted molar refractivity (Wildman–Crippen MR) is 132 cm³/mol. The van der Waals surface area contributed by atoms with E-state index in [0.717, 1.165) is 46.7 Å². The second-order valence-electron chi connectivity index (χ2n) is 9.08. The number of aromatic nitrogens is 2. The third-order valence-corrected chi connectivity index (χ3v) is 6.44. The molecule has 0 spiro atoms. The summed E-state index contributed by atoms with van der Waals surface area (Å²) in [5.74, 6) is 1.16. The van der Waals surface area contributed by atoms with E-state index in [2.05, 4.69) is 4.57 Å². The number of anilines is 1. The van der Waals surface area contributed by atoms with E-state index in [9.17, 15) is 18.0 Å². The van der Waals surface area contributed by atoms with Crippen LogP contribution >= 0.6 is 0 Å². The molecule has 0 saturated carbocycles. The second-order valence-corrected chi connectivity index (χ2v) is 9.08. The van der Waals surface area contributed by atoms with Crippen LogP contribution in [-0.4, -0.2) is 28.6 Å². The topological polar surface area (TPSA) is 47.4 Å². The Bertz CT molecular complexity index is 1400. The van der Waals surface area contributed by atoms with Crippen LogP contribution in [0.1, 0.15) is 35.7 Å². The van der Waals surface area contributed by atoms with Crippen LogP contribution in [0, 0.1) is 6.92 Å². The summed E-state index contributed by atoms with van der Waals surface area (Å²) >= 11 is 0. The first kappa shape index (κ1) is 23.9. The first-order chi connectivity index (χ1) is 17.3. The van der Waals surface area contributed by atoms with Crippen molar-refractivity contribution in [1.29, 1.82) is 0 Å². The first-order valence-corrected chi connectivity index (χ1v) is 11.9. The third kappa shape index (κ3) is 4.94. The third-order valence-electron chi connectivity index (χ3n) is 6.44. The van der Waals surface area contributed by atoms with E-state index in [0.29, 0.717) is 13.2 Å². The van der Waals surface area contributed by atoms with E-state index in [1.165, 1.54) is 11.0 Å². The Morgan fingerprint density at radius 1 is 1.03 bits per heavy atom. The number of carbonyl (C=O) groups excluding carboxylic acids is 1. The van der Waals surface area contributed by atoms with E-state index in [-0.39, 0.29) is 30.5 Å². The summed E-state index contributed by atoms with van der Waals surface area (Å²) < 4.78 is 47.7. The van der Waals surface area contributed by atoms with Crippen molar-refractivity contribution in [3.05, 3.63) is 89.7 Å². The van der Waals surface area contributed by atoms with Crippen LogP contribution < -0.4 is 9.64 Å². The van der Waals surface area contributed by atoms with Gasteiger partial charge in [0.25, 0.3) is 0 Å².